The minimum Gasteiger partial charge on any atom is -0.479 e. The Hall–Kier alpha value is -0.750. The summed E-state index contributed by atoms with van der Waals surface area (Å²) in [5.74, 6) is -3.54. The predicted octanol–water partition coefficient (Wildman–Crippen LogP) is 1.60. The van der Waals surface area contributed by atoms with Gasteiger partial charge in [0.1, 0.15) is 0 Å². The molecule has 2 rings (SSSR count). The van der Waals surface area contributed by atoms with Crippen LogP contribution < -0.4 is 0 Å². The van der Waals surface area contributed by atoms with Gasteiger partial charge in [-0.3, -0.25) is 4.90 Å². The molecule has 4 nitrogen and oxygen atoms in total. The lowest BCUT2D eigenvalue weighted by Gasteiger charge is -2.36. The van der Waals surface area contributed by atoms with E-state index in [2.05, 4.69) is 0 Å². The van der Waals surface area contributed by atoms with Crippen molar-refractivity contribution in [1.29, 1.82) is 0 Å². The number of rotatable bonds is 3. The monoisotopic (exact) mass is 263 g/mol. The van der Waals surface area contributed by atoms with Gasteiger partial charge in [0.05, 0.1) is 6.61 Å². The molecule has 2 unspecified atom stereocenters. The third-order valence-electron chi connectivity index (χ3n) is 3.68. The van der Waals surface area contributed by atoms with E-state index in [0.29, 0.717) is 32.7 Å². The highest BCUT2D eigenvalue weighted by Crippen LogP contribution is 2.37. The number of morpholine rings is 1. The highest BCUT2D eigenvalue weighted by Gasteiger charge is 2.37. The van der Waals surface area contributed by atoms with Crippen LogP contribution in [0.3, 0.4) is 0 Å². The fourth-order valence-corrected chi connectivity index (χ4v) is 2.81. The normalized spacial score (nSPS) is 33.2. The summed E-state index contributed by atoms with van der Waals surface area (Å²) in [4.78, 5) is 12.8. The number of halogens is 2. The van der Waals surface area contributed by atoms with Gasteiger partial charge in [0.15, 0.2) is 6.10 Å². The number of nitrogens with zero attached hydrogens (tertiary/aromatic N) is 1. The standard InChI is InChI=1S/C12H19F2NO3/c13-12(14)3-1-2-9(6-12)7-15-4-5-18-10(8-15)11(16)17/h9-10H,1-8H2,(H,16,17). The van der Waals surface area contributed by atoms with E-state index in [1.807, 2.05) is 4.90 Å². The smallest absolute Gasteiger partial charge is 0.334 e. The van der Waals surface area contributed by atoms with Crippen LogP contribution in [0.4, 0.5) is 8.78 Å². The van der Waals surface area contributed by atoms with Gasteiger partial charge in [0, 0.05) is 32.5 Å². The third-order valence-corrected chi connectivity index (χ3v) is 3.68. The molecule has 6 heteroatoms. The summed E-state index contributed by atoms with van der Waals surface area (Å²) in [5, 5.41) is 8.87. The number of carbonyl (C=O) groups is 1. The Bertz CT molecular complexity index is 312. The zero-order valence-electron chi connectivity index (χ0n) is 10.3. The van der Waals surface area contributed by atoms with E-state index >= 15 is 0 Å². The molecule has 104 valence electrons. The van der Waals surface area contributed by atoms with Crippen molar-refractivity contribution in [3.63, 3.8) is 0 Å². The zero-order valence-corrected chi connectivity index (χ0v) is 10.3. The Kier molecular flexibility index (Phi) is 4.17. The predicted molar refractivity (Wildman–Crippen MR) is 60.7 cm³/mol. The van der Waals surface area contributed by atoms with Gasteiger partial charge >= 0.3 is 5.97 Å². The van der Waals surface area contributed by atoms with Gasteiger partial charge in [-0.05, 0) is 18.8 Å². The maximum atomic E-state index is 13.3. The van der Waals surface area contributed by atoms with Crippen molar-refractivity contribution in [1.82, 2.24) is 4.90 Å². The highest BCUT2D eigenvalue weighted by atomic mass is 19.3. The van der Waals surface area contributed by atoms with Crippen LogP contribution in [-0.2, 0) is 9.53 Å². The Balaban J connectivity index is 1.83. The summed E-state index contributed by atoms with van der Waals surface area (Å²) in [5.41, 5.74) is 0. The van der Waals surface area contributed by atoms with Crippen LogP contribution in [0.25, 0.3) is 0 Å². The zero-order chi connectivity index (χ0) is 13.2. The lowest BCUT2D eigenvalue weighted by Crippen LogP contribution is -2.48. The van der Waals surface area contributed by atoms with Gasteiger partial charge in [-0.25, -0.2) is 13.6 Å². The third kappa shape index (κ3) is 3.62. The van der Waals surface area contributed by atoms with Crippen molar-refractivity contribution in [3.8, 4) is 0 Å². The van der Waals surface area contributed by atoms with Crippen molar-refractivity contribution in [2.75, 3.05) is 26.2 Å². The van der Waals surface area contributed by atoms with Crippen molar-refractivity contribution < 1.29 is 23.4 Å². The largest absolute Gasteiger partial charge is 0.479 e. The van der Waals surface area contributed by atoms with E-state index in [0.717, 1.165) is 6.42 Å². The summed E-state index contributed by atoms with van der Waals surface area (Å²) < 4.78 is 31.7. The first-order valence-corrected chi connectivity index (χ1v) is 6.41. The first-order chi connectivity index (χ1) is 8.46. The topological polar surface area (TPSA) is 49.8 Å². The average molecular weight is 263 g/mol. The summed E-state index contributed by atoms with van der Waals surface area (Å²) in [6, 6.07) is 0. The SMILES string of the molecule is O=C(O)C1CN(CC2CCCC(F)(F)C2)CCO1. The van der Waals surface area contributed by atoms with E-state index in [-0.39, 0.29) is 18.8 Å². The molecule has 2 aliphatic rings. The first kappa shape index (κ1) is 13.7. The number of hydrogen-bond acceptors (Lipinski definition) is 3. The summed E-state index contributed by atoms with van der Waals surface area (Å²) in [6.45, 7) is 1.85. The Morgan fingerprint density at radius 3 is 2.94 bits per heavy atom. The van der Waals surface area contributed by atoms with E-state index < -0.39 is 18.0 Å². The fourth-order valence-electron chi connectivity index (χ4n) is 2.81. The van der Waals surface area contributed by atoms with E-state index in [1.54, 1.807) is 0 Å². The van der Waals surface area contributed by atoms with Gasteiger partial charge in [-0.2, -0.15) is 0 Å². The number of carboxylic acids is 1. The van der Waals surface area contributed by atoms with Crippen molar-refractivity contribution >= 4 is 5.97 Å². The molecular formula is C12H19F2NO3. The number of carboxylic acid groups (broad SMARTS) is 1. The molecule has 0 aromatic heterocycles. The van der Waals surface area contributed by atoms with Gasteiger partial charge in [-0.15, -0.1) is 0 Å². The van der Waals surface area contributed by atoms with Gasteiger partial charge in [-0.1, -0.05) is 0 Å². The maximum absolute atomic E-state index is 13.3. The van der Waals surface area contributed by atoms with Gasteiger partial charge in [0.25, 0.3) is 0 Å². The molecule has 1 saturated heterocycles. The molecule has 1 aliphatic carbocycles. The average Bonchev–Trinajstić information content (AvgIpc) is 2.28. The molecular weight excluding hydrogens is 244 g/mol. The molecule has 18 heavy (non-hydrogen) atoms. The molecule has 0 bridgehead atoms. The Morgan fingerprint density at radius 2 is 2.28 bits per heavy atom. The molecule has 0 aromatic rings. The van der Waals surface area contributed by atoms with E-state index in [4.69, 9.17) is 9.84 Å². The van der Waals surface area contributed by atoms with Crippen LogP contribution in [-0.4, -0.2) is 54.2 Å². The Morgan fingerprint density at radius 1 is 1.50 bits per heavy atom. The fraction of sp³-hybridized carbons (Fsp3) is 0.917. The summed E-state index contributed by atoms with van der Waals surface area (Å²) in [6.07, 6.45) is 0.476. The molecule has 0 radical (unpaired) electrons. The lowest BCUT2D eigenvalue weighted by atomic mass is 9.86. The number of aliphatic carboxylic acids is 1. The molecule has 2 atom stereocenters. The molecule has 1 N–H and O–H groups in total. The second kappa shape index (κ2) is 5.48. The number of ether oxygens (including phenoxy) is 1. The van der Waals surface area contributed by atoms with Crippen LogP contribution in [0.2, 0.25) is 0 Å². The van der Waals surface area contributed by atoms with Crippen molar-refractivity contribution in [3.05, 3.63) is 0 Å². The van der Waals surface area contributed by atoms with E-state index in [1.165, 1.54) is 0 Å². The summed E-state index contributed by atoms with van der Waals surface area (Å²) in [7, 11) is 0. The first-order valence-electron chi connectivity index (χ1n) is 6.41. The Labute approximate surface area is 105 Å². The minimum atomic E-state index is -2.54. The second-order valence-corrected chi connectivity index (χ2v) is 5.28. The highest BCUT2D eigenvalue weighted by molar-refractivity contribution is 5.72. The minimum absolute atomic E-state index is 0.00956. The molecule has 1 heterocycles. The lowest BCUT2D eigenvalue weighted by molar-refractivity contribution is -0.156. The molecule has 0 aromatic carbocycles. The van der Waals surface area contributed by atoms with Crippen LogP contribution in [0.15, 0.2) is 0 Å². The van der Waals surface area contributed by atoms with Crippen molar-refractivity contribution in [2.45, 2.75) is 37.7 Å². The van der Waals surface area contributed by atoms with Crippen LogP contribution in [0.5, 0.6) is 0 Å². The number of hydrogen-bond donors (Lipinski definition) is 1. The van der Waals surface area contributed by atoms with E-state index in [9.17, 15) is 13.6 Å². The van der Waals surface area contributed by atoms with Crippen LogP contribution in [0, 0.1) is 5.92 Å². The second-order valence-electron chi connectivity index (χ2n) is 5.28. The van der Waals surface area contributed by atoms with Crippen LogP contribution in [0.1, 0.15) is 25.7 Å². The molecule has 0 amide bonds. The summed E-state index contributed by atoms with van der Waals surface area (Å²) >= 11 is 0. The molecule has 0 spiro atoms. The molecule has 1 saturated carbocycles. The molecule has 1 aliphatic heterocycles. The van der Waals surface area contributed by atoms with Crippen LogP contribution >= 0.6 is 0 Å². The van der Waals surface area contributed by atoms with Crippen molar-refractivity contribution in [2.24, 2.45) is 5.92 Å². The maximum Gasteiger partial charge on any atom is 0.334 e. The van der Waals surface area contributed by atoms with Gasteiger partial charge < -0.3 is 9.84 Å². The molecule has 2 fully saturated rings. The van der Waals surface area contributed by atoms with Gasteiger partial charge in [0.2, 0.25) is 5.92 Å². The number of alkyl halides is 2. The quantitative estimate of drug-likeness (QED) is 0.840.